The van der Waals surface area contributed by atoms with Gasteiger partial charge in [-0.25, -0.2) is 0 Å². The van der Waals surface area contributed by atoms with Gasteiger partial charge in [-0.2, -0.15) is 0 Å². The first-order chi connectivity index (χ1) is 14.4. The zero-order valence-corrected chi connectivity index (χ0v) is 18.2. The van der Waals surface area contributed by atoms with Gasteiger partial charge in [0.15, 0.2) is 5.78 Å². The Hall–Kier alpha value is -3.15. The number of anilines is 1. The minimum Gasteiger partial charge on any atom is -0.469 e. The lowest BCUT2D eigenvalue weighted by Gasteiger charge is -2.18. The van der Waals surface area contributed by atoms with E-state index in [0.717, 1.165) is 16.8 Å². The average Bonchev–Trinajstić information content (AvgIpc) is 2.76. The van der Waals surface area contributed by atoms with E-state index in [-0.39, 0.29) is 17.7 Å². The summed E-state index contributed by atoms with van der Waals surface area (Å²) in [4.78, 5) is 33.9. The van der Waals surface area contributed by atoms with Crippen molar-refractivity contribution in [2.75, 3.05) is 19.0 Å². The molecule has 30 heavy (non-hydrogen) atoms. The van der Waals surface area contributed by atoms with Crippen LogP contribution in [0.2, 0.25) is 0 Å². The normalized spacial score (nSPS) is 10.8. The van der Waals surface area contributed by atoms with E-state index in [4.69, 9.17) is 0 Å². The Morgan fingerprint density at radius 2 is 1.63 bits per heavy atom. The maximum absolute atomic E-state index is 12.1. The maximum Gasteiger partial charge on any atom is 0.305 e. The number of Topliss-reactive ketones (excluding diaryl/α,β-unsaturated/α-hetero) is 1. The predicted molar refractivity (Wildman–Crippen MR) is 119 cm³/mol. The first-order valence-corrected chi connectivity index (χ1v) is 10.1. The van der Waals surface area contributed by atoms with Crippen molar-refractivity contribution >= 4 is 23.3 Å². The van der Waals surface area contributed by atoms with Crippen LogP contribution in [0.15, 0.2) is 54.6 Å². The Balaban J connectivity index is 0.000000656. The van der Waals surface area contributed by atoms with Gasteiger partial charge >= 0.3 is 5.97 Å². The molecule has 0 aromatic heterocycles. The van der Waals surface area contributed by atoms with Crippen molar-refractivity contribution < 1.29 is 19.1 Å². The lowest BCUT2D eigenvalue weighted by Crippen LogP contribution is -2.44. The van der Waals surface area contributed by atoms with E-state index >= 15 is 0 Å². The van der Waals surface area contributed by atoms with Crippen molar-refractivity contribution in [1.82, 2.24) is 5.32 Å². The van der Waals surface area contributed by atoms with Gasteiger partial charge in [0.2, 0.25) is 5.91 Å². The number of hydrogen-bond acceptors (Lipinski definition) is 5. The third-order valence-corrected chi connectivity index (χ3v) is 4.47. The summed E-state index contributed by atoms with van der Waals surface area (Å²) in [6.07, 6.45) is 1.51. The summed E-state index contributed by atoms with van der Waals surface area (Å²) in [7, 11) is 1.38. The molecule has 6 heteroatoms. The zero-order chi connectivity index (χ0) is 22.4. The minimum atomic E-state index is -0.520. The van der Waals surface area contributed by atoms with Crippen molar-refractivity contribution in [1.29, 1.82) is 0 Å². The molecular formula is C24H32N2O4. The van der Waals surface area contributed by atoms with E-state index in [1.165, 1.54) is 14.0 Å². The molecule has 0 saturated carbocycles. The molecule has 1 amide bonds. The number of esters is 1. The summed E-state index contributed by atoms with van der Waals surface area (Å²) >= 11 is 0. The summed E-state index contributed by atoms with van der Waals surface area (Å²) in [5.74, 6) is -0.315. The highest BCUT2D eigenvalue weighted by Gasteiger charge is 2.17. The van der Waals surface area contributed by atoms with E-state index in [1.54, 1.807) is 6.92 Å². The number of aryl methyl sites for hydroxylation is 2. The van der Waals surface area contributed by atoms with E-state index in [2.05, 4.69) is 15.4 Å². The molecular weight excluding hydrogens is 380 g/mol. The molecule has 0 aliphatic rings. The summed E-state index contributed by atoms with van der Waals surface area (Å²) < 4.78 is 4.26. The second-order valence-corrected chi connectivity index (χ2v) is 6.84. The Morgan fingerprint density at radius 1 is 1.00 bits per heavy atom. The quantitative estimate of drug-likeness (QED) is 0.614. The molecule has 0 aliphatic heterocycles. The van der Waals surface area contributed by atoms with Gasteiger partial charge in [0.05, 0.1) is 7.11 Å². The van der Waals surface area contributed by atoms with E-state index in [1.807, 2.05) is 61.5 Å². The molecule has 0 aliphatic carbocycles. The summed E-state index contributed by atoms with van der Waals surface area (Å²) in [5, 5.41) is 6.06. The first-order valence-electron chi connectivity index (χ1n) is 10.1. The molecule has 0 fully saturated rings. The second-order valence-electron chi connectivity index (χ2n) is 6.84. The monoisotopic (exact) mass is 412 g/mol. The van der Waals surface area contributed by atoms with E-state index in [0.29, 0.717) is 25.8 Å². The molecule has 0 spiro atoms. The molecule has 1 unspecified atom stereocenters. The fourth-order valence-corrected chi connectivity index (χ4v) is 2.59. The molecule has 2 aromatic carbocycles. The molecule has 0 heterocycles. The molecule has 162 valence electrons. The van der Waals surface area contributed by atoms with Crippen LogP contribution in [-0.4, -0.2) is 37.4 Å². The van der Waals surface area contributed by atoms with Crippen LogP contribution in [0.3, 0.4) is 0 Å². The van der Waals surface area contributed by atoms with E-state index in [9.17, 15) is 14.4 Å². The van der Waals surface area contributed by atoms with E-state index < -0.39 is 6.04 Å². The number of rotatable bonds is 9. The standard InChI is InChI=1S/C20H24N2O2.C4H8O2/c1-15-8-6-7-11-18(15)21-14-19(16(2)23)22-20(24)13-12-17-9-4-3-5-10-17;1-3-4(5)6-2/h3-11,19,21H,12-14H2,1-2H3,(H,22,24);3H2,1-2H3. The SMILES string of the molecule is CC(=O)C(CNc1ccccc1C)NC(=O)CCc1ccccc1.CCC(=O)OC. The number of carbonyl (C=O) groups excluding carboxylic acids is 3. The summed E-state index contributed by atoms with van der Waals surface area (Å²) in [5.41, 5.74) is 3.20. The lowest BCUT2D eigenvalue weighted by molar-refractivity contribution is -0.140. The van der Waals surface area contributed by atoms with Crippen molar-refractivity contribution in [3.63, 3.8) is 0 Å². The van der Waals surface area contributed by atoms with Gasteiger partial charge in [-0.15, -0.1) is 0 Å². The molecule has 0 bridgehead atoms. The van der Waals surface area contributed by atoms with Crippen LogP contribution in [-0.2, 0) is 25.5 Å². The summed E-state index contributed by atoms with van der Waals surface area (Å²) in [6.45, 7) is 5.65. The lowest BCUT2D eigenvalue weighted by atomic mass is 10.1. The van der Waals surface area contributed by atoms with Gasteiger partial charge < -0.3 is 15.4 Å². The average molecular weight is 413 g/mol. The van der Waals surface area contributed by atoms with Crippen LogP contribution in [0.5, 0.6) is 0 Å². The largest absolute Gasteiger partial charge is 0.469 e. The number of methoxy groups -OCH3 is 1. The van der Waals surface area contributed by atoms with Crippen LogP contribution >= 0.6 is 0 Å². The van der Waals surface area contributed by atoms with Crippen LogP contribution < -0.4 is 10.6 Å². The Kier molecular flexibility index (Phi) is 11.6. The maximum atomic E-state index is 12.1. The topological polar surface area (TPSA) is 84.5 Å². The predicted octanol–water partition coefficient (Wildman–Crippen LogP) is 3.68. The number of para-hydroxylation sites is 1. The fraction of sp³-hybridized carbons (Fsp3) is 0.375. The third kappa shape index (κ3) is 9.87. The van der Waals surface area contributed by atoms with Crippen LogP contribution in [0.4, 0.5) is 5.69 Å². The van der Waals surface area contributed by atoms with Crippen molar-refractivity contribution in [3.05, 3.63) is 65.7 Å². The van der Waals surface area contributed by atoms with Crippen LogP contribution in [0, 0.1) is 6.92 Å². The van der Waals surface area contributed by atoms with Crippen molar-refractivity contribution in [2.24, 2.45) is 0 Å². The van der Waals surface area contributed by atoms with Gasteiger partial charge in [-0.05, 0) is 37.5 Å². The molecule has 0 saturated heterocycles. The number of nitrogens with one attached hydrogen (secondary N) is 2. The molecule has 6 nitrogen and oxygen atoms in total. The molecule has 2 N–H and O–H groups in total. The summed E-state index contributed by atoms with van der Waals surface area (Å²) in [6, 6.07) is 17.2. The smallest absolute Gasteiger partial charge is 0.305 e. The van der Waals surface area contributed by atoms with Gasteiger partial charge in [-0.1, -0.05) is 55.5 Å². The third-order valence-electron chi connectivity index (χ3n) is 4.47. The molecule has 2 aromatic rings. The fourth-order valence-electron chi connectivity index (χ4n) is 2.59. The highest BCUT2D eigenvalue weighted by Crippen LogP contribution is 2.13. The zero-order valence-electron chi connectivity index (χ0n) is 18.2. The number of amides is 1. The van der Waals surface area contributed by atoms with Crippen LogP contribution in [0.25, 0.3) is 0 Å². The second kappa shape index (κ2) is 13.9. The number of ether oxygens (including phenoxy) is 1. The van der Waals surface area contributed by atoms with Gasteiger partial charge in [0.25, 0.3) is 0 Å². The number of benzene rings is 2. The molecule has 2 rings (SSSR count). The highest BCUT2D eigenvalue weighted by atomic mass is 16.5. The van der Waals surface area contributed by atoms with Crippen LogP contribution in [0.1, 0.15) is 37.8 Å². The Bertz CT molecular complexity index is 800. The number of hydrogen-bond donors (Lipinski definition) is 2. The van der Waals surface area contributed by atoms with Gasteiger partial charge in [0.1, 0.15) is 6.04 Å². The number of carbonyl (C=O) groups is 3. The number of ketones is 1. The Morgan fingerprint density at radius 3 is 2.17 bits per heavy atom. The minimum absolute atomic E-state index is 0.0517. The first kappa shape index (κ1) is 24.9. The Labute approximate surface area is 179 Å². The molecule has 0 radical (unpaired) electrons. The van der Waals surface area contributed by atoms with Crippen molar-refractivity contribution in [2.45, 2.75) is 46.1 Å². The van der Waals surface area contributed by atoms with Crippen molar-refractivity contribution in [3.8, 4) is 0 Å². The highest BCUT2D eigenvalue weighted by molar-refractivity contribution is 5.88. The van der Waals surface area contributed by atoms with Gasteiger partial charge in [0, 0.05) is 25.1 Å². The van der Waals surface area contributed by atoms with Gasteiger partial charge in [-0.3, -0.25) is 14.4 Å². The molecule has 1 atom stereocenters.